The van der Waals surface area contributed by atoms with Crippen LogP contribution in [0.5, 0.6) is 0 Å². The molecule has 69 heavy (non-hydrogen) atoms. The van der Waals surface area contributed by atoms with Gasteiger partial charge in [0.15, 0.2) is 0 Å². The van der Waals surface area contributed by atoms with Crippen LogP contribution in [-0.2, 0) is 21.7 Å². The highest BCUT2D eigenvalue weighted by molar-refractivity contribution is 8.32. The molecule has 0 aromatic heterocycles. The average Bonchev–Trinajstić information content (AvgIpc) is 3.52. The zero-order chi connectivity index (χ0) is 48.4. The molecule has 7 aromatic carbocycles. The third-order valence-electron chi connectivity index (χ3n) is 17.6. The number of hydrogen-bond donors (Lipinski definition) is 0. The molecule has 0 saturated heterocycles. The van der Waals surface area contributed by atoms with E-state index in [1.54, 1.807) is 0 Å². The van der Waals surface area contributed by atoms with Gasteiger partial charge in [0, 0.05) is 56.3 Å². The fourth-order valence-corrected chi connectivity index (χ4v) is 14.5. The first-order chi connectivity index (χ1) is 32.6. The maximum atomic E-state index is 2.82. The highest BCUT2D eigenvalue weighted by Gasteiger charge is 2.59. The molecule has 0 amide bonds. The molecule has 1 saturated carbocycles. The van der Waals surface area contributed by atoms with Gasteiger partial charge >= 0.3 is 0 Å². The Morgan fingerprint density at radius 2 is 1.03 bits per heavy atom. The standard InChI is InChI=1S/C64H70BN3S/c1-60(2,3)43-36-44(61(4,5)6)38-46(37-43)67-54-26-20-24-50-58(54)65-57-49(62(50,7)8)23-19-25-53(57)66(45-28-30-48(31-29-45)69(11,12)13)55-39-47(40-56(67)59(55)65)68-52-32-27-42(41-21-15-14-16-22-41)35-51(52)63(9)33-17-18-34-64(63,68)10/h14-16,19-32,35-40H,17-18,33-34H2,1-13H3. The zero-order valence-electron chi connectivity index (χ0n) is 43.4. The van der Waals surface area contributed by atoms with Crippen molar-refractivity contribution in [3.8, 4) is 11.1 Å². The van der Waals surface area contributed by atoms with E-state index in [1.807, 2.05) is 0 Å². The molecular weight excluding hydrogens is 854 g/mol. The molecule has 12 rings (SSSR count). The van der Waals surface area contributed by atoms with Crippen molar-refractivity contribution in [3.05, 3.63) is 167 Å². The molecule has 1 fully saturated rings. The summed E-state index contributed by atoms with van der Waals surface area (Å²) in [4.78, 5) is 9.62. The van der Waals surface area contributed by atoms with Crippen LogP contribution in [0, 0.1) is 0 Å². The van der Waals surface area contributed by atoms with E-state index in [2.05, 4.69) is 242 Å². The van der Waals surface area contributed by atoms with E-state index in [0.29, 0.717) is 0 Å². The quantitative estimate of drug-likeness (QED) is 0.159. The Balaban J connectivity index is 1.21. The second-order valence-electron chi connectivity index (χ2n) is 24.9. The lowest BCUT2D eigenvalue weighted by atomic mass is 9.28. The van der Waals surface area contributed by atoms with Crippen LogP contribution in [0.25, 0.3) is 11.1 Å². The van der Waals surface area contributed by atoms with Gasteiger partial charge in [0.1, 0.15) is 0 Å². The van der Waals surface area contributed by atoms with Gasteiger partial charge < -0.3 is 14.7 Å². The predicted octanol–water partition coefficient (Wildman–Crippen LogP) is 15.5. The van der Waals surface area contributed by atoms with Gasteiger partial charge in [-0.2, -0.15) is 0 Å². The summed E-state index contributed by atoms with van der Waals surface area (Å²) >= 11 is 0. The monoisotopic (exact) mass is 924 g/mol. The molecule has 5 heteroatoms. The third-order valence-corrected chi connectivity index (χ3v) is 19.3. The summed E-state index contributed by atoms with van der Waals surface area (Å²) in [5.41, 5.74) is 23.8. The zero-order valence-corrected chi connectivity index (χ0v) is 44.3. The van der Waals surface area contributed by atoms with Crippen molar-refractivity contribution >= 4 is 78.6 Å². The first-order valence-corrected chi connectivity index (χ1v) is 28.5. The van der Waals surface area contributed by atoms with E-state index < -0.39 is 10.0 Å². The molecule has 350 valence electrons. The fraction of sp³-hybridized carbons (Fsp3) is 0.344. The Morgan fingerprint density at radius 1 is 0.464 bits per heavy atom. The van der Waals surface area contributed by atoms with Crippen molar-refractivity contribution in [3.63, 3.8) is 0 Å². The van der Waals surface area contributed by atoms with E-state index >= 15 is 0 Å². The fourth-order valence-electron chi connectivity index (χ4n) is 13.5. The van der Waals surface area contributed by atoms with Crippen molar-refractivity contribution in [2.24, 2.45) is 0 Å². The maximum absolute atomic E-state index is 2.82. The van der Waals surface area contributed by atoms with Gasteiger partial charge in [0.25, 0.3) is 6.71 Å². The topological polar surface area (TPSA) is 9.72 Å². The lowest BCUT2D eigenvalue weighted by Gasteiger charge is -2.52. The van der Waals surface area contributed by atoms with Crippen molar-refractivity contribution < 1.29 is 0 Å². The number of anilines is 8. The van der Waals surface area contributed by atoms with Crippen LogP contribution in [0.3, 0.4) is 0 Å². The summed E-state index contributed by atoms with van der Waals surface area (Å²) < 4.78 is 0. The highest BCUT2D eigenvalue weighted by Crippen LogP contribution is 2.62. The van der Waals surface area contributed by atoms with Crippen molar-refractivity contribution in [2.75, 3.05) is 33.5 Å². The third kappa shape index (κ3) is 6.33. The summed E-state index contributed by atoms with van der Waals surface area (Å²) in [6.45, 7) is 24.4. The van der Waals surface area contributed by atoms with E-state index in [0.717, 1.165) is 6.42 Å². The molecule has 1 aliphatic carbocycles. The van der Waals surface area contributed by atoms with Crippen LogP contribution >= 0.6 is 10.0 Å². The average molecular weight is 924 g/mol. The van der Waals surface area contributed by atoms with Crippen LogP contribution in [0.2, 0.25) is 0 Å². The lowest BCUT2D eigenvalue weighted by Crippen LogP contribution is -2.67. The first-order valence-electron chi connectivity index (χ1n) is 25.6. The van der Waals surface area contributed by atoms with Gasteiger partial charge in [-0.25, -0.2) is 10.0 Å². The summed E-state index contributed by atoms with van der Waals surface area (Å²) in [5.74, 6) is 0. The second-order valence-corrected chi connectivity index (χ2v) is 29.1. The highest BCUT2D eigenvalue weighted by atomic mass is 32.3. The van der Waals surface area contributed by atoms with Crippen molar-refractivity contribution in [1.29, 1.82) is 0 Å². The van der Waals surface area contributed by atoms with Crippen LogP contribution < -0.4 is 31.1 Å². The van der Waals surface area contributed by atoms with Crippen LogP contribution in [-0.4, -0.2) is 31.0 Å². The summed E-state index contributed by atoms with van der Waals surface area (Å²) in [7, 11) is -0.919. The molecule has 4 aliphatic heterocycles. The summed E-state index contributed by atoms with van der Waals surface area (Å²) in [6.07, 6.45) is 12.0. The molecule has 5 aliphatic rings. The van der Waals surface area contributed by atoms with Gasteiger partial charge in [-0.3, -0.25) is 0 Å². The minimum Gasteiger partial charge on any atom is -0.334 e. The molecule has 0 bridgehead atoms. The van der Waals surface area contributed by atoms with Gasteiger partial charge in [0.2, 0.25) is 0 Å². The number of nitrogens with zero attached hydrogens (tertiary/aromatic N) is 3. The Labute approximate surface area is 415 Å². The SMILES string of the molecule is CC(C)(C)c1cc(N2c3cc(N4c5ccc(-c6ccccc6)cc5C5(C)CCCCC45C)cc4c3B3c5c(cccc5C(C)(C)c5cccc2c53)N4c2ccc(S(C)(C)C)cc2)cc(C(C)(C)C)c1. The van der Waals surface area contributed by atoms with Crippen LogP contribution in [0.4, 0.5) is 45.5 Å². The molecule has 0 spiro atoms. The van der Waals surface area contributed by atoms with Crippen molar-refractivity contribution in [1.82, 2.24) is 0 Å². The minimum atomic E-state index is -0.919. The van der Waals surface area contributed by atoms with E-state index in [9.17, 15) is 0 Å². The number of benzene rings is 7. The Kier molecular flexibility index (Phi) is 9.49. The largest absolute Gasteiger partial charge is 0.334 e. The number of rotatable bonds is 5. The van der Waals surface area contributed by atoms with Gasteiger partial charge in [0.05, 0.1) is 5.54 Å². The molecule has 0 radical (unpaired) electrons. The molecule has 7 aromatic rings. The van der Waals surface area contributed by atoms with E-state index in [-0.39, 0.29) is 33.9 Å². The van der Waals surface area contributed by atoms with Gasteiger partial charge in [-0.1, -0.05) is 142 Å². The smallest absolute Gasteiger partial charge is 0.252 e. The molecule has 2 atom stereocenters. The summed E-state index contributed by atoms with van der Waals surface area (Å²) in [5, 5.41) is 0. The first kappa shape index (κ1) is 44.6. The maximum Gasteiger partial charge on any atom is 0.252 e. The second kappa shape index (κ2) is 14.7. The Bertz CT molecular complexity index is 3220. The Hall–Kier alpha value is -5.65. The summed E-state index contributed by atoms with van der Waals surface area (Å²) in [6, 6.07) is 55.2. The Morgan fingerprint density at radius 3 is 1.59 bits per heavy atom. The van der Waals surface area contributed by atoms with Crippen molar-refractivity contribution in [2.45, 2.75) is 127 Å². The van der Waals surface area contributed by atoms with Gasteiger partial charge in [-0.05, 0) is 182 Å². The number of fused-ring (bicyclic) bond motifs is 3. The number of hydrogen-bond acceptors (Lipinski definition) is 3. The van der Waals surface area contributed by atoms with Crippen LogP contribution in [0.1, 0.15) is 123 Å². The molecular formula is C64H70BN3S. The normalized spacial score (nSPS) is 20.9. The lowest BCUT2D eigenvalue weighted by molar-refractivity contribution is 0.195. The van der Waals surface area contributed by atoms with E-state index in [1.165, 1.54) is 125 Å². The molecule has 0 N–H and O–H groups in total. The minimum absolute atomic E-state index is 0.0381. The van der Waals surface area contributed by atoms with E-state index in [4.69, 9.17) is 0 Å². The predicted molar refractivity (Wildman–Crippen MR) is 302 cm³/mol. The molecule has 2 unspecified atom stereocenters. The molecule has 4 heterocycles. The molecule has 3 nitrogen and oxygen atoms in total. The van der Waals surface area contributed by atoms with Crippen LogP contribution in [0.15, 0.2) is 144 Å². The van der Waals surface area contributed by atoms with Gasteiger partial charge in [-0.15, -0.1) is 0 Å².